The second-order valence-corrected chi connectivity index (χ2v) is 8.73. The van der Waals surface area contributed by atoms with Gasteiger partial charge in [-0.1, -0.05) is 78.9 Å². The lowest BCUT2D eigenvalue weighted by Crippen LogP contribution is -2.38. The summed E-state index contributed by atoms with van der Waals surface area (Å²) < 4.78 is 5.49. The van der Waals surface area contributed by atoms with Crippen molar-refractivity contribution in [1.82, 2.24) is 4.98 Å². The van der Waals surface area contributed by atoms with Crippen molar-refractivity contribution in [3.05, 3.63) is 118 Å². The van der Waals surface area contributed by atoms with E-state index in [1.54, 1.807) is 53.9 Å². The molecular formula is C27H24N2O4S. The second-order valence-electron chi connectivity index (χ2n) is 7.79. The number of amides is 1. The standard InChI is InChI=1S/C27H24N2O4S/c1-19-10-8-9-15-23(19)29-24(30)16-25-28-22(18-34-25)17-33-26(31)27(32,20-11-4-2-5-12-20)21-13-6-3-7-14-21/h2-15,18,32H,16-17H2,1H3,(H,29,30). The van der Waals surface area contributed by atoms with Crippen molar-refractivity contribution >= 4 is 28.9 Å². The molecule has 0 saturated heterocycles. The van der Waals surface area contributed by atoms with Gasteiger partial charge in [0.1, 0.15) is 11.6 Å². The molecule has 0 spiro atoms. The molecule has 0 unspecified atom stereocenters. The summed E-state index contributed by atoms with van der Waals surface area (Å²) in [6, 6.07) is 24.9. The van der Waals surface area contributed by atoms with E-state index in [1.807, 2.05) is 43.3 Å². The first-order valence-corrected chi connectivity index (χ1v) is 11.6. The van der Waals surface area contributed by atoms with Crippen LogP contribution in [0.2, 0.25) is 0 Å². The molecule has 0 atom stereocenters. The highest BCUT2D eigenvalue weighted by molar-refractivity contribution is 7.09. The third-order valence-electron chi connectivity index (χ3n) is 5.36. The number of aryl methyl sites for hydroxylation is 1. The molecule has 7 heteroatoms. The fraction of sp³-hybridized carbons (Fsp3) is 0.148. The first-order chi connectivity index (χ1) is 16.5. The van der Waals surface area contributed by atoms with E-state index in [9.17, 15) is 14.7 Å². The molecule has 0 bridgehead atoms. The zero-order chi connectivity index (χ0) is 24.0. The molecule has 3 aromatic carbocycles. The zero-order valence-electron chi connectivity index (χ0n) is 18.6. The first kappa shape index (κ1) is 23.4. The number of hydrogen-bond donors (Lipinski definition) is 2. The molecule has 4 aromatic rings. The van der Waals surface area contributed by atoms with Gasteiger partial charge in [0, 0.05) is 11.1 Å². The Morgan fingerprint density at radius 3 is 2.15 bits per heavy atom. The van der Waals surface area contributed by atoms with E-state index in [4.69, 9.17) is 4.74 Å². The van der Waals surface area contributed by atoms with Gasteiger partial charge < -0.3 is 15.2 Å². The van der Waals surface area contributed by atoms with Gasteiger partial charge >= 0.3 is 5.97 Å². The number of esters is 1. The van der Waals surface area contributed by atoms with E-state index in [1.165, 1.54) is 11.3 Å². The molecule has 2 N–H and O–H groups in total. The Hall–Kier alpha value is -3.81. The van der Waals surface area contributed by atoms with Crippen molar-refractivity contribution < 1.29 is 19.4 Å². The smallest absolute Gasteiger partial charge is 0.348 e. The molecule has 0 radical (unpaired) electrons. The lowest BCUT2D eigenvalue weighted by Gasteiger charge is -2.26. The number of rotatable bonds is 8. The van der Waals surface area contributed by atoms with Crippen molar-refractivity contribution in [1.29, 1.82) is 0 Å². The van der Waals surface area contributed by atoms with Crippen LogP contribution < -0.4 is 5.32 Å². The Bertz CT molecular complexity index is 1230. The van der Waals surface area contributed by atoms with Crippen LogP contribution in [0.1, 0.15) is 27.4 Å². The predicted octanol–water partition coefficient (Wildman–Crippen LogP) is 4.61. The zero-order valence-corrected chi connectivity index (χ0v) is 19.4. The minimum absolute atomic E-state index is 0.114. The molecular weight excluding hydrogens is 448 g/mol. The van der Waals surface area contributed by atoms with Crippen LogP contribution in [0.25, 0.3) is 0 Å². The van der Waals surface area contributed by atoms with Crippen LogP contribution in [0.5, 0.6) is 0 Å². The normalized spacial score (nSPS) is 11.1. The summed E-state index contributed by atoms with van der Waals surface area (Å²) in [7, 11) is 0. The number of nitrogens with zero attached hydrogens (tertiary/aromatic N) is 1. The molecule has 0 aliphatic rings. The second kappa shape index (κ2) is 10.4. The maximum Gasteiger partial charge on any atom is 0.348 e. The molecule has 1 aromatic heterocycles. The molecule has 1 heterocycles. The van der Waals surface area contributed by atoms with Crippen LogP contribution >= 0.6 is 11.3 Å². The SMILES string of the molecule is Cc1ccccc1NC(=O)Cc1nc(COC(=O)C(O)(c2ccccc2)c2ccccc2)cs1. The van der Waals surface area contributed by atoms with E-state index >= 15 is 0 Å². The van der Waals surface area contributed by atoms with Gasteiger partial charge in [0.25, 0.3) is 0 Å². The van der Waals surface area contributed by atoms with Crippen molar-refractivity contribution in [2.45, 2.75) is 25.6 Å². The minimum atomic E-state index is -1.95. The maximum atomic E-state index is 13.1. The molecule has 0 fully saturated rings. The number of ether oxygens (including phenoxy) is 1. The van der Waals surface area contributed by atoms with Gasteiger partial charge in [0.2, 0.25) is 11.5 Å². The largest absolute Gasteiger partial charge is 0.456 e. The van der Waals surface area contributed by atoms with Gasteiger partial charge in [0.05, 0.1) is 12.1 Å². The molecule has 0 aliphatic heterocycles. The van der Waals surface area contributed by atoms with Gasteiger partial charge in [-0.25, -0.2) is 9.78 Å². The Morgan fingerprint density at radius 2 is 1.53 bits per heavy atom. The Labute approximate surface area is 201 Å². The summed E-state index contributed by atoms with van der Waals surface area (Å²) in [4.78, 5) is 29.9. The summed E-state index contributed by atoms with van der Waals surface area (Å²) in [6.45, 7) is 1.81. The Morgan fingerprint density at radius 1 is 0.941 bits per heavy atom. The number of para-hydroxylation sites is 1. The quantitative estimate of drug-likeness (QED) is 0.366. The summed E-state index contributed by atoms with van der Waals surface area (Å²) in [6.07, 6.45) is 0.116. The van der Waals surface area contributed by atoms with Crippen molar-refractivity contribution in [3.8, 4) is 0 Å². The monoisotopic (exact) mass is 472 g/mol. The lowest BCUT2D eigenvalue weighted by atomic mass is 9.86. The fourth-order valence-electron chi connectivity index (χ4n) is 3.55. The van der Waals surface area contributed by atoms with Gasteiger partial charge in [0.15, 0.2) is 0 Å². The highest BCUT2D eigenvalue weighted by Crippen LogP contribution is 2.31. The van der Waals surface area contributed by atoms with Crippen LogP contribution in [0.4, 0.5) is 5.69 Å². The average Bonchev–Trinajstić information content (AvgIpc) is 3.31. The highest BCUT2D eigenvalue weighted by atomic mass is 32.1. The van der Waals surface area contributed by atoms with Crippen molar-refractivity contribution in [3.63, 3.8) is 0 Å². The van der Waals surface area contributed by atoms with Crippen molar-refractivity contribution in [2.75, 3.05) is 5.32 Å². The molecule has 0 aliphatic carbocycles. The fourth-order valence-corrected chi connectivity index (χ4v) is 4.32. The highest BCUT2D eigenvalue weighted by Gasteiger charge is 2.41. The Kier molecular flexibility index (Phi) is 7.15. The molecule has 172 valence electrons. The first-order valence-electron chi connectivity index (χ1n) is 10.8. The van der Waals surface area contributed by atoms with Gasteiger partial charge in [-0.2, -0.15) is 0 Å². The molecule has 1 amide bonds. The number of thiazole rings is 1. The predicted molar refractivity (Wildman–Crippen MR) is 131 cm³/mol. The number of aliphatic hydroxyl groups is 1. The van der Waals surface area contributed by atoms with E-state index in [2.05, 4.69) is 10.3 Å². The van der Waals surface area contributed by atoms with Crippen LogP contribution in [0.15, 0.2) is 90.3 Å². The molecule has 6 nitrogen and oxygen atoms in total. The van der Waals surface area contributed by atoms with Crippen LogP contribution in [-0.2, 0) is 33.0 Å². The van der Waals surface area contributed by atoms with Gasteiger partial charge in [-0.05, 0) is 29.7 Å². The number of aromatic nitrogens is 1. The topological polar surface area (TPSA) is 88.5 Å². The summed E-state index contributed by atoms with van der Waals surface area (Å²) in [5, 5.41) is 16.7. The van der Waals surface area contributed by atoms with Gasteiger partial charge in [-0.3, -0.25) is 4.79 Å². The number of carbonyl (C=O) groups excluding carboxylic acids is 2. The maximum absolute atomic E-state index is 13.1. The molecule has 0 saturated carbocycles. The minimum Gasteiger partial charge on any atom is -0.456 e. The summed E-state index contributed by atoms with van der Waals surface area (Å²) in [5.41, 5.74) is 1.14. The number of nitrogens with one attached hydrogen (secondary N) is 1. The van der Waals surface area contributed by atoms with Crippen LogP contribution in [0, 0.1) is 6.92 Å². The van der Waals surface area contributed by atoms with Gasteiger partial charge in [-0.15, -0.1) is 11.3 Å². The average molecular weight is 473 g/mol. The van der Waals surface area contributed by atoms with Crippen LogP contribution in [0.3, 0.4) is 0 Å². The van der Waals surface area contributed by atoms with E-state index in [0.29, 0.717) is 21.8 Å². The molecule has 34 heavy (non-hydrogen) atoms. The lowest BCUT2D eigenvalue weighted by molar-refractivity contribution is -0.163. The number of hydrogen-bond acceptors (Lipinski definition) is 6. The number of benzene rings is 3. The Balaban J connectivity index is 1.42. The van der Waals surface area contributed by atoms with Crippen LogP contribution in [-0.4, -0.2) is 22.0 Å². The number of anilines is 1. The van der Waals surface area contributed by atoms with E-state index in [-0.39, 0.29) is 18.9 Å². The van der Waals surface area contributed by atoms with E-state index in [0.717, 1.165) is 11.3 Å². The summed E-state index contributed by atoms with van der Waals surface area (Å²) >= 11 is 1.32. The third kappa shape index (κ3) is 5.22. The third-order valence-corrected chi connectivity index (χ3v) is 6.26. The summed E-state index contributed by atoms with van der Waals surface area (Å²) in [5.74, 6) is -0.966. The van der Waals surface area contributed by atoms with E-state index < -0.39 is 11.6 Å². The number of carbonyl (C=O) groups is 2. The van der Waals surface area contributed by atoms with Crippen molar-refractivity contribution in [2.24, 2.45) is 0 Å². The molecule has 4 rings (SSSR count).